The van der Waals surface area contributed by atoms with Crippen molar-refractivity contribution in [3.63, 3.8) is 0 Å². The first-order valence-corrected chi connectivity index (χ1v) is 18.7. The van der Waals surface area contributed by atoms with E-state index in [4.69, 9.17) is 20.3 Å². The first kappa shape index (κ1) is 43.2. The van der Waals surface area contributed by atoms with E-state index in [-0.39, 0.29) is 12.7 Å². The molecule has 0 heterocycles. The number of carbonyl (C=O) groups is 1. The van der Waals surface area contributed by atoms with Crippen molar-refractivity contribution in [1.82, 2.24) is 0 Å². The van der Waals surface area contributed by atoms with Gasteiger partial charge in [0.25, 0.3) is 0 Å². The summed E-state index contributed by atoms with van der Waals surface area (Å²) in [6.45, 7) is 1.25. The Labute approximate surface area is 268 Å². The van der Waals surface area contributed by atoms with Gasteiger partial charge in [-0.2, -0.15) is 0 Å². The largest absolute Gasteiger partial charge is 0.480 e. The summed E-state index contributed by atoms with van der Waals surface area (Å²) in [5.74, 6) is -1.37. The van der Waals surface area contributed by atoms with Crippen LogP contribution in [0.2, 0.25) is 0 Å². The van der Waals surface area contributed by atoms with Gasteiger partial charge in [0.15, 0.2) is 0 Å². The smallest absolute Gasteiger partial charge is 0.472 e. The van der Waals surface area contributed by atoms with Gasteiger partial charge < -0.3 is 30.3 Å². The Morgan fingerprint density at radius 3 is 1.66 bits per heavy atom. The Morgan fingerprint density at radius 2 is 1.18 bits per heavy atom. The molecular weight excluding hydrogens is 585 g/mol. The predicted molar refractivity (Wildman–Crippen MR) is 177 cm³/mol. The Hall–Kier alpha value is -0.840. The lowest BCUT2D eigenvalue weighted by atomic mass is 10.0. The number of phosphoric acid groups is 1. The highest BCUT2D eigenvalue weighted by molar-refractivity contribution is 7.47. The molecule has 0 aromatic carbocycles. The van der Waals surface area contributed by atoms with Gasteiger partial charge in [0.1, 0.15) is 12.1 Å². The van der Waals surface area contributed by atoms with Crippen LogP contribution in [0.15, 0.2) is 12.2 Å². The van der Waals surface area contributed by atoms with Crippen LogP contribution < -0.4 is 5.73 Å². The van der Waals surface area contributed by atoms with Gasteiger partial charge in [-0.3, -0.25) is 13.8 Å². The van der Waals surface area contributed by atoms with E-state index in [0.29, 0.717) is 6.61 Å². The lowest BCUT2D eigenvalue weighted by molar-refractivity contribution is -0.139. The van der Waals surface area contributed by atoms with Gasteiger partial charge in [-0.25, -0.2) is 4.57 Å². The van der Waals surface area contributed by atoms with Crippen LogP contribution in [0.25, 0.3) is 0 Å². The molecule has 0 amide bonds. The lowest BCUT2D eigenvalue weighted by Crippen LogP contribution is -2.34. The van der Waals surface area contributed by atoms with Crippen molar-refractivity contribution in [3.05, 3.63) is 12.2 Å². The highest BCUT2D eigenvalue weighted by Crippen LogP contribution is 2.43. The summed E-state index contributed by atoms with van der Waals surface area (Å²) in [5.41, 5.74) is 5.21. The van der Waals surface area contributed by atoms with Gasteiger partial charge in [0.2, 0.25) is 0 Å². The fourth-order valence-electron chi connectivity index (χ4n) is 4.80. The normalized spacial score (nSPS) is 15.4. The van der Waals surface area contributed by atoms with E-state index in [1.807, 2.05) is 0 Å². The topological polar surface area (TPSA) is 158 Å². The van der Waals surface area contributed by atoms with Crippen LogP contribution in [0.5, 0.6) is 0 Å². The fourth-order valence-corrected chi connectivity index (χ4v) is 5.58. The van der Waals surface area contributed by atoms with Crippen molar-refractivity contribution in [2.24, 2.45) is 5.73 Å². The number of unbranched alkanes of at least 4 members (excludes halogenated alkanes) is 18. The molecule has 4 atom stereocenters. The third kappa shape index (κ3) is 29.8. The summed E-state index contributed by atoms with van der Waals surface area (Å²) >= 11 is 0. The third-order valence-electron chi connectivity index (χ3n) is 7.65. The van der Waals surface area contributed by atoms with E-state index < -0.39 is 39.2 Å². The number of rotatable bonds is 34. The molecular formula is C33H66NO9P. The lowest BCUT2D eigenvalue weighted by Gasteiger charge is -2.18. The average molecular weight is 652 g/mol. The molecule has 0 aliphatic rings. The number of aliphatic hydroxyl groups is 1. The number of hydrogen-bond acceptors (Lipinski definition) is 8. The van der Waals surface area contributed by atoms with Gasteiger partial charge in [0, 0.05) is 7.11 Å². The first-order chi connectivity index (χ1) is 21.2. The van der Waals surface area contributed by atoms with E-state index in [0.717, 1.165) is 19.3 Å². The highest BCUT2D eigenvalue weighted by atomic mass is 31.2. The van der Waals surface area contributed by atoms with E-state index >= 15 is 0 Å². The summed E-state index contributed by atoms with van der Waals surface area (Å²) in [7, 11) is -2.90. The zero-order valence-electron chi connectivity index (χ0n) is 27.9. The molecule has 11 heteroatoms. The monoisotopic (exact) mass is 651 g/mol. The highest BCUT2D eigenvalue weighted by Gasteiger charge is 2.25. The predicted octanol–water partition coefficient (Wildman–Crippen LogP) is 7.69. The van der Waals surface area contributed by atoms with E-state index in [9.17, 15) is 19.4 Å². The van der Waals surface area contributed by atoms with Crippen LogP contribution in [-0.4, -0.2) is 72.9 Å². The minimum atomic E-state index is -4.53. The van der Waals surface area contributed by atoms with Crippen LogP contribution in [-0.2, 0) is 27.9 Å². The minimum Gasteiger partial charge on any atom is -0.480 e. The second kappa shape index (κ2) is 30.8. The Kier molecular flexibility index (Phi) is 30.2. The molecule has 262 valence electrons. The summed E-state index contributed by atoms with van der Waals surface area (Å²) in [6, 6.07) is -1.45. The number of phosphoric ester groups is 1. The zero-order valence-corrected chi connectivity index (χ0v) is 28.8. The van der Waals surface area contributed by atoms with Crippen molar-refractivity contribution in [3.8, 4) is 0 Å². The van der Waals surface area contributed by atoms with Crippen LogP contribution in [0, 0.1) is 0 Å². The van der Waals surface area contributed by atoms with Crippen molar-refractivity contribution in [2.45, 2.75) is 160 Å². The van der Waals surface area contributed by atoms with Crippen molar-refractivity contribution in [1.29, 1.82) is 0 Å². The number of hydrogen-bond donors (Lipinski definition) is 4. The quantitative estimate of drug-likeness (QED) is 0.0309. The molecule has 0 rings (SSSR count). The molecule has 0 bridgehead atoms. The molecule has 0 saturated carbocycles. The van der Waals surface area contributed by atoms with Crippen molar-refractivity contribution >= 4 is 13.8 Å². The molecule has 0 spiro atoms. The Bertz CT molecular complexity index is 725. The molecule has 0 fully saturated rings. The van der Waals surface area contributed by atoms with Gasteiger partial charge in [-0.1, -0.05) is 122 Å². The molecule has 5 N–H and O–H groups in total. The number of allylic oxidation sites excluding steroid dienone is 2. The number of carboxylic acids is 1. The first-order valence-electron chi connectivity index (χ1n) is 17.3. The van der Waals surface area contributed by atoms with E-state index in [1.165, 1.54) is 116 Å². The van der Waals surface area contributed by atoms with Gasteiger partial charge in [0.05, 0.1) is 32.5 Å². The van der Waals surface area contributed by atoms with Crippen LogP contribution in [0.4, 0.5) is 0 Å². The number of ether oxygens (including phenoxy) is 2. The summed E-state index contributed by atoms with van der Waals surface area (Å²) < 4.78 is 31.8. The van der Waals surface area contributed by atoms with E-state index in [2.05, 4.69) is 28.1 Å². The molecule has 0 aliphatic heterocycles. The summed E-state index contributed by atoms with van der Waals surface area (Å²) in [4.78, 5) is 20.2. The molecule has 0 saturated heterocycles. The van der Waals surface area contributed by atoms with Gasteiger partial charge >= 0.3 is 13.8 Å². The molecule has 2 unspecified atom stereocenters. The maximum atomic E-state index is 11.7. The van der Waals surface area contributed by atoms with Crippen LogP contribution in [0.3, 0.4) is 0 Å². The molecule has 0 aromatic heterocycles. The number of carboxylic acid groups (broad SMARTS) is 1. The molecule has 10 nitrogen and oxygen atoms in total. The van der Waals surface area contributed by atoms with Crippen molar-refractivity contribution in [2.75, 3.05) is 33.5 Å². The number of methoxy groups -OCH3 is 1. The zero-order chi connectivity index (χ0) is 32.7. The molecule has 0 aliphatic carbocycles. The van der Waals surface area contributed by atoms with E-state index in [1.54, 1.807) is 7.11 Å². The van der Waals surface area contributed by atoms with Crippen molar-refractivity contribution < 1.29 is 43.0 Å². The summed E-state index contributed by atoms with van der Waals surface area (Å²) in [6.07, 6.45) is 30.6. The number of aliphatic carboxylic acids is 1. The maximum Gasteiger partial charge on any atom is 0.472 e. The third-order valence-corrected chi connectivity index (χ3v) is 8.60. The van der Waals surface area contributed by atoms with Gasteiger partial charge in [-0.15, -0.1) is 0 Å². The SMILES string of the molecule is CCCCCC/C=C\CCCCCCCCCCCCCCCCC(COC[C@@H](O)COP(=O)(O)OC[C@H](N)C(=O)O)OC. The van der Waals surface area contributed by atoms with Crippen LogP contribution >= 0.6 is 7.82 Å². The fraction of sp³-hybridized carbons (Fsp3) is 0.909. The van der Waals surface area contributed by atoms with Gasteiger partial charge in [-0.05, 0) is 32.1 Å². The number of aliphatic hydroxyl groups excluding tert-OH is 1. The molecule has 0 aromatic rings. The minimum absolute atomic E-state index is 0.0881. The standard InChI is InChI=1S/C33H66NO9P/c1-3-4-5-6-7-8-9-10-11-12-13-14-15-16-17-18-19-20-21-22-23-24-25-31(40-2)28-41-26-30(35)27-42-44(38,39)43-29-32(34)33(36)37/h8-9,30-32,35H,3-7,10-29,34H2,1-2H3,(H,36,37)(H,38,39)/b9-8-/t30-,31?,32+/m1/s1. The maximum absolute atomic E-state index is 11.7. The molecule has 44 heavy (non-hydrogen) atoms. The summed E-state index contributed by atoms with van der Waals surface area (Å²) in [5, 5.41) is 18.6. The van der Waals surface area contributed by atoms with Crippen LogP contribution in [0.1, 0.15) is 142 Å². The number of nitrogens with two attached hydrogens (primary N) is 1. The Balaban J connectivity index is 3.53. The molecule has 0 radical (unpaired) electrons. The second-order valence-corrected chi connectivity index (χ2v) is 13.4. The second-order valence-electron chi connectivity index (χ2n) is 11.9. The average Bonchev–Trinajstić information content (AvgIpc) is 3.00. The Morgan fingerprint density at radius 1 is 0.727 bits per heavy atom.